The summed E-state index contributed by atoms with van der Waals surface area (Å²) in [5.74, 6) is -0.239. The molecule has 9 heteroatoms. The Labute approximate surface area is 172 Å². The van der Waals surface area contributed by atoms with Crippen LogP contribution in [0.25, 0.3) is 27.3 Å². The van der Waals surface area contributed by atoms with Crippen LogP contribution in [0.5, 0.6) is 0 Å². The fourth-order valence-corrected chi connectivity index (χ4v) is 4.56. The smallest absolute Gasteiger partial charge is 0.248 e. The first-order valence-electron chi connectivity index (χ1n) is 8.30. The van der Waals surface area contributed by atoms with E-state index in [1.54, 1.807) is 17.4 Å². The van der Waals surface area contributed by atoms with Crippen LogP contribution < -0.4 is 5.32 Å². The Bertz CT molecular complexity index is 1300. The molecule has 0 aliphatic heterocycles. The Balaban J connectivity index is 1.30. The number of carbonyl (C=O) groups excluding carboxylic acids is 1. The molecular formula is C19H12ClN5OS2. The van der Waals surface area contributed by atoms with Crippen molar-refractivity contribution < 1.29 is 4.79 Å². The number of rotatable bonds is 4. The average Bonchev–Trinajstić information content (AvgIpc) is 3.42. The van der Waals surface area contributed by atoms with Gasteiger partial charge in [0.1, 0.15) is 0 Å². The van der Waals surface area contributed by atoms with E-state index in [1.165, 1.54) is 17.4 Å². The van der Waals surface area contributed by atoms with Crippen LogP contribution in [0.15, 0.2) is 59.7 Å². The number of nitrogens with zero attached hydrogens (tertiary/aromatic N) is 4. The number of amides is 1. The predicted molar refractivity (Wildman–Crippen MR) is 114 cm³/mol. The van der Waals surface area contributed by atoms with Crippen LogP contribution in [-0.2, 0) is 4.79 Å². The minimum absolute atomic E-state index is 0.239. The maximum Gasteiger partial charge on any atom is 0.248 e. The molecule has 0 unspecified atom stereocenters. The quantitative estimate of drug-likeness (QED) is 0.408. The summed E-state index contributed by atoms with van der Waals surface area (Å²) in [7, 11) is 0. The van der Waals surface area contributed by atoms with E-state index in [-0.39, 0.29) is 5.91 Å². The second-order valence-corrected chi connectivity index (χ2v) is 8.07. The molecule has 0 saturated carbocycles. The van der Waals surface area contributed by atoms with Gasteiger partial charge in [0.15, 0.2) is 15.1 Å². The Morgan fingerprint density at radius 1 is 1.07 bits per heavy atom. The van der Waals surface area contributed by atoms with E-state index in [2.05, 4.69) is 15.3 Å². The fourth-order valence-electron chi connectivity index (χ4n) is 2.86. The number of thiazole rings is 2. The van der Waals surface area contributed by atoms with Gasteiger partial charge in [0.05, 0.1) is 11.4 Å². The fraction of sp³-hybridized carbons (Fsp3) is 0. The molecule has 4 aromatic heterocycles. The second kappa shape index (κ2) is 6.90. The zero-order chi connectivity index (χ0) is 19.1. The van der Waals surface area contributed by atoms with E-state index in [1.807, 2.05) is 62.4 Å². The van der Waals surface area contributed by atoms with Crippen molar-refractivity contribution in [2.45, 2.75) is 0 Å². The van der Waals surface area contributed by atoms with E-state index in [0.717, 1.165) is 21.2 Å². The van der Waals surface area contributed by atoms with Crippen LogP contribution in [0.4, 0.5) is 5.69 Å². The van der Waals surface area contributed by atoms with Crippen molar-refractivity contribution in [2.24, 2.45) is 0 Å². The minimum Gasteiger partial charge on any atom is -0.323 e. The molecule has 1 N–H and O–H groups in total. The van der Waals surface area contributed by atoms with Crippen molar-refractivity contribution in [3.8, 4) is 11.3 Å². The highest BCUT2D eigenvalue weighted by molar-refractivity contribution is 7.15. The van der Waals surface area contributed by atoms with Crippen LogP contribution in [0.1, 0.15) is 5.69 Å². The lowest BCUT2D eigenvalue weighted by molar-refractivity contribution is -0.111. The van der Waals surface area contributed by atoms with Crippen LogP contribution in [0.2, 0.25) is 5.15 Å². The van der Waals surface area contributed by atoms with Crippen LogP contribution >= 0.6 is 34.3 Å². The van der Waals surface area contributed by atoms with Crippen LogP contribution in [0, 0.1) is 0 Å². The SMILES string of the molecule is O=C(/C=C/c1c(Cl)nc2sccn12)Nc1ccc(-c2cn3ccsc3n2)cc1. The minimum atomic E-state index is -0.239. The second-order valence-electron chi connectivity index (χ2n) is 5.96. The molecule has 0 saturated heterocycles. The molecule has 0 fully saturated rings. The molecule has 0 spiro atoms. The van der Waals surface area contributed by atoms with Crippen molar-refractivity contribution in [3.63, 3.8) is 0 Å². The van der Waals surface area contributed by atoms with Gasteiger partial charge in [0.2, 0.25) is 5.91 Å². The van der Waals surface area contributed by atoms with Gasteiger partial charge in [-0.05, 0) is 18.2 Å². The zero-order valence-electron chi connectivity index (χ0n) is 14.2. The number of nitrogens with one attached hydrogen (secondary N) is 1. The number of aromatic nitrogens is 4. The monoisotopic (exact) mass is 425 g/mol. The molecule has 0 aliphatic rings. The van der Waals surface area contributed by atoms with E-state index in [0.29, 0.717) is 16.5 Å². The molecule has 1 aromatic carbocycles. The summed E-state index contributed by atoms with van der Waals surface area (Å²) < 4.78 is 3.84. The standard InChI is InChI=1S/C19H12ClN5OS2/c20-17-15(25-8-10-28-19(25)23-17)5-6-16(26)21-13-3-1-12(2-4-13)14-11-24-7-9-27-18(24)22-14/h1-11H,(H,21,26)/b6-5+. The summed E-state index contributed by atoms with van der Waals surface area (Å²) >= 11 is 9.21. The van der Waals surface area contributed by atoms with E-state index >= 15 is 0 Å². The third kappa shape index (κ3) is 3.11. The Hall–Kier alpha value is -2.94. The summed E-state index contributed by atoms with van der Waals surface area (Å²) in [6, 6.07) is 7.60. The highest BCUT2D eigenvalue weighted by atomic mass is 35.5. The molecule has 5 rings (SSSR count). The third-order valence-corrected chi connectivity index (χ3v) is 5.99. The number of hydrogen-bond donors (Lipinski definition) is 1. The van der Waals surface area contributed by atoms with Gasteiger partial charge in [-0.25, -0.2) is 9.97 Å². The highest BCUT2D eigenvalue weighted by Crippen LogP contribution is 2.24. The highest BCUT2D eigenvalue weighted by Gasteiger charge is 2.09. The van der Waals surface area contributed by atoms with Gasteiger partial charge in [0, 0.05) is 46.7 Å². The lowest BCUT2D eigenvalue weighted by Gasteiger charge is -2.03. The van der Waals surface area contributed by atoms with Crippen molar-refractivity contribution in [1.29, 1.82) is 0 Å². The lowest BCUT2D eigenvalue weighted by atomic mass is 10.1. The van der Waals surface area contributed by atoms with Gasteiger partial charge < -0.3 is 5.32 Å². The van der Waals surface area contributed by atoms with Gasteiger partial charge in [0.25, 0.3) is 0 Å². The maximum atomic E-state index is 12.2. The van der Waals surface area contributed by atoms with E-state index in [9.17, 15) is 4.79 Å². The van der Waals surface area contributed by atoms with Crippen molar-refractivity contribution >= 4 is 61.9 Å². The van der Waals surface area contributed by atoms with E-state index in [4.69, 9.17) is 11.6 Å². The van der Waals surface area contributed by atoms with Crippen LogP contribution in [0.3, 0.4) is 0 Å². The molecule has 0 aliphatic carbocycles. The topological polar surface area (TPSA) is 63.7 Å². The number of fused-ring (bicyclic) bond motifs is 2. The number of hydrogen-bond acceptors (Lipinski definition) is 5. The first-order chi connectivity index (χ1) is 13.7. The molecule has 1 amide bonds. The average molecular weight is 426 g/mol. The molecule has 5 aromatic rings. The van der Waals surface area contributed by atoms with Crippen molar-refractivity contribution in [2.75, 3.05) is 5.32 Å². The molecule has 138 valence electrons. The number of carbonyl (C=O) groups is 1. The van der Waals surface area contributed by atoms with Gasteiger partial charge in [-0.2, -0.15) is 0 Å². The summed E-state index contributed by atoms with van der Waals surface area (Å²) in [6.07, 6.45) is 8.95. The first-order valence-corrected chi connectivity index (χ1v) is 10.4. The molecule has 0 bridgehead atoms. The Morgan fingerprint density at radius 2 is 1.86 bits per heavy atom. The Kier molecular flexibility index (Phi) is 4.23. The molecular weight excluding hydrogens is 414 g/mol. The van der Waals surface area contributed by atoms with Crippen LogP contribution in [-0.4, -0.2) is 24.7 Å². The van der Waals surface area contributed by atoms with E-state index < -0.39 is 0 Å². The number of benzene rings is 1. The predicted octanol–water partition coefficient (Wildman–Crippen LogP) is 5.08. The third-order valence-electron chi connectivity index (χ3n) is 4.19. The molecule has 4 heterocycles. The molecule has 0 radical (unpaired) electrons. The molecule has 28 heavy (non-hydrogen) atoms. The first kappa shape index (κ1) is 17.2. The van der Waals surface area contributed by atoms with Gasteiger partial charge in [-0.15, -0.1) is 22.7 Å². The normalized spacial score (nSPS) is 11.8. The lowest BCUT2D eigenvalue weighted by Crippen LogP contribution is -2.07. The molecule has 0 atom stereocenters. The molecule has 6 nitrogen and oxygen atoms in total. The number of anilines is 1. The zero-order valence-corrected chi connectivity index (χ0v) is 16.6. The number of halogens is 1. The Morgan fingerprint density at radius 3 is 2.68 bits per heavy atom. The van der Waals surface area contributed by atoms with Gasteiger partial charge in [-0.1, -0.05) is 23.7 Å². The maximum absolute atomic E-state index is 12.2. The summed E-state index contributed by atoms with van der Waals surface area (Å²) in [5.41, 5.74) is 3.29. The van der Waals surface area contributed by atoms with Gasteiger partial charge in [-0.3, -0.25) is 13.6 Å². The summed E-state index contributed by atoms with van der Waals surface area (Å²) in [6.45, 7) is 0. The number of imidazole rings is 2. The largest absolute Gasteiger partial charge is 0.323 e. The van der Waals surface area contributed by atoms with Crippen molar-refractivity contribution in [3.05, 3.63) is 70.5 Å². The van der Waals surface area contributed by atoms with Crippen molar-refractivity contribution in [1.82, 2.24) is 18.8 Å². The summed E-state index contributed by atoms with van der Waals surface area (Å²) in [4.78, 5) is 22.8. The van der Waals surface area contributed by atoms with Gasteiger partial charge >= 0.3 is 0 Å². The summed E-state index contributed by atoms with van der Waals surface area (Å²) in [5, 5.41) is 7.14.